The van der Waals surface area contributed by atoms with E-state index in [0.717, 1.165) is 46.4 Å². The average molecular weight is 1420 g/mol. The number of aliphatic hydroxyl groups is 10. The van der Waals surface area contributed by atoms with Crippen LogP contribution in [0.15, 0.2) is 12.5 Å². The van der Waals surface area contributed by atoms with Crippen LogP contribution in [0.2, 0.25) is 0 Å². The van der Waals surface area contributed by atoms with Crippen LogP contribution in [0.3, 0.4) is 0 Å². The smallest absolute Gasteiger partial charge is 0.322 e. The van der Waals surface area contributed by atoms with Crippen molar-refractivity contribution in [2.45, 2.75) is 214 Å². The van der Waals surface area contributed by atoms with Crippen molar-refractivity contribution < 1.29 is 143 Å². The van der Waals surface area contributed by atoms with Crippen molar-refractivity contribution in [1.82, 2.24) is 68.0 Å². The third kappa shape index (κ3) is 24.0. The van der Waals surface area contributed by atoms with Gasteiger partial charge in [0.1, 0.15) is 110 Å². The van der Waals surface area contributed by atoms with E-state index in [1.165, 1.54) is 12.5 Å². The Kier molecular flexibility index (Phi) is 32.7. The van der Waals surface area contributed by atoms with E-state index in [9.17, 15) is 119 Å². The molecule has 0 unspecified atom stereocenters. The van der Waals surface area contributed by atoms with Crippen molar-refractivity contribution in [2.75, 3.05) is 39.5 Å². The van der Waals surface area contributed by atoms with Gasteiger partial charge in [0.05, 0.1) is 57.2 Å². The van der Waals surface area contributed by atoms with Crippen LogP contribution in [-0.2, 0) is 87.7 Å². The van der Waals surface area contributed by atoms with Gasteiger partial charge < -0.3 is 149 Å². The molecule has 4 heterocycles. The number of aliphatic hydroxyl groups excluding tert-OH is 10. The van der Waals surface area contributed by atoms with Gasteiger partial charge in [-0.1, -0.05) is 0 Å². The highest BCUT2D eigenvalue weighted by Gasteiger charge is 2.51. The fourth-order valence-electron chi connectivity index (χ4n) is 10.4. The summed E-state index contributed by atoms with van der Waals surface area (Å²) in [7, 11) is 0. The number of ether oxygens (including phenoxy) is 4. The maximum Gasteiger partial charge on any atom is 0.322 e. The van der Waals surface area contributed by atoms with E-state index in [-0.39, 0.29) is 25.1 Å². The lowest BCUT2D eigenvalue weighted by atomic mass is 9.96. The molecule has 558 valence electrons. The van der Waals surface area contributed by atoms with Crippen molar-refractivity contribution in [3.8, 4) is 0 Å². The fraction of sp³-hybridized carbons (Fsp3) is 0.714. The number of carbonyl (C=O) groups is 13. The molecule has 0 radical (unpaired) electrons. The monoisotopic (exact) mass is 1420 g/mol. The average Bonchev–Trinajstić information content (AvgIpc) is 0.991. The van der Waals surface area contributed by atoms with Crippen LogP contribution in [0, 0.1) is 0 Å². The van der Waals surface area contributed by atoms with E-state index in [4.69, 9.17) is 29.8 Å². The molecule has 4 rings (SSSR count). The number of amides is 11. The second-order valence-electron chi connectivity index (χ2n) is 23.7. The first-order valence-corrected chi connectivity index (χ1v) is 31.0. The van der Waals surface area contributed by atoms with Crippen molar-refractivity contribution in [1.29, 1.82) is 0 Å². The Balaban J connectivity index is 1.65. The number of imidazole rings is 1. The van der Waals surface area contributed by atoms with Gasteiger partial charge in [0.25, 0.3) is 0 Å². The standard InChI is InChI=1S/C56H90N14O29/c1-20(74)36(57)51(92)63-27(9-10-34(79)80)46(87)69-39(23(4)97-56-41(62-25(6)78)45(86)43(84)33(99-56)18-96-55-40(61-24(5)77)44(85)42(83)32(17-73)98-55)53(94)67-37(21(2)75)52(93)66-29(15-71)48(89)64-28(12-26-13-58-19-60-26)47(88)65-30(16-72)49(90)68-38(22(3)76)54(95)70-11-7-8-31(70)50(91)59-14-35(81)82/h13,19-23,27-33,36-45,55-56,71-76,83-86H,7-12,14-18,57H2,1-6H3,(H,58,60)(H,59,91)(H,61,77)(H,62,78)(H,63,92)(H,64,89)(H,65,88)(H,66,93)(H,67,94)(H,68,90)(H,69,87)(H,79,80)(H,81,82)/t20-,21-,22-,23-,27+,28+,29+,30+,31+,32-,33-,36+,37+,38+,39+,40-,41-,42-,43+,44-,45-,55-,56+/m1/s1. The van der Waals surface area contributed by atoms with E-state index >= 15 is 0 Å². The number of carboxylic acid groups (broad SMARTS) is 2. The molecule has 99 heavy (non-hydrogen) atoms. The Hall–Kier alpha value is -8.28. The number of nitrogens with zero attached hydrogens (tertiary/aromatic N) is 2. The zero-order chi connectivity index (χ0) is 74.4. The van der Waals surface area contributed by atoms with Crippen LogP contribution in [0.5, 0.6) is 0 Å². The SMILES string of the molecule is CC(=O)N[C@H]1[C@@H](O[C@H](C)[C@H](NC(=O)[C@H](CCC(=O)O)NC(=O)[C@@H](N)[C@@H](C)O)C(=O)N[C@H](C(=O)N[C@@H](CO)C(=O)N[C@@H](Cc2cnc[nH]2)C(=O)N[C@@H](CO)C(=O)N[C@H](C(=O)N2CCC[C@H]2C(=O)NCC(=O)O)[C@@H](C)O)[C@@H](C)O)O[C@H](CO[C@@H]2O[C@H](CO)[C@@H](O)[C@H](O)[C@H]2NC(C)=O)[C@H](O)[C@@H]1O. The maximum atomic E-state index is 14.8. The molecule has 11 amide bonds. The second-order valence-corrected chi connectivity index (χ2v) is 23.7. The molecule has 0 spiro atoms. The van der Waals surface area contributed by atoms with Crippen molar-refractivity contribution in [3.63, 3.8) is 0 Å². The molecule has 1 aromatic heterocycles. The predicted molar refractivity (Wildman–Crippen MR) is 325 cm³/mol. The number of aromatic nitrogens is 2. The maximum absolute atomic E-state index is 14.8. The minimum Gasteiger partial charge on any atom is -0.481 e. The Labute approximate surface area is 563 Å². The van der Waals surface area contributed by atoms with Crippen LogP contribution < -0.4 is 58.9 Å². The number of nitrogens with one attached hydrogen (secondary N) is 11. The summed E-state index contributed by atoms with van der Waals surface area (Å²) >= 11 is 0. The van der Waals surface area contributed by atoms with Crippen molar-refractivity contribution >= 4 is 76.9 Å². The molecule has 0 bridgehead atoms. The number of likely N-dealkylation sites (tertiary alicyclic amines) is 1. The first-order valence-electron chi connectivity index (χ1n) is 31.0. The highest BCUT2D eigenvalue weighted by molar-refractivity contribution is 5.99. The number of aliphatic carboxylic acids is 2. The Morgan fingerprint density at radius 2 is 1.12 bits per heavy atom. The van der Waals surface area contributed by atoms with Gasteiger partial charge in [0.2, 0.25) is 65.0 Å². The lowest BCUT2D eigenvalue weighted by Gasteiger charge is -2.45. The van der Waals surface area contributed by atoms with E-state index in [1.807, 2.05) is 0 Å². The van der Waals surface area contributed by atoms with E-state index in [0.29, 0.717) is 0 Å². The minimum absolute atomic E-state index is 0.0509. The zero-order valence-corrected chi connectivity index (χ0v) is 54.5. The van der Waals surface area contributed by atoms with Crippen LogP contribution in [0.4, 0.5) is 0 Å². The number of rotatable bonds is 37. The van der Waals surface area contributed by atoms with Gasteiger partial charge in [-0.05, 0) is 47.0 Å². The molecule has 1 aromatic rings. The summed E-state index contributed by atoms with van der Waals surface area (Å²) in [6.45, 7) is 1.15. The summed E-state index contributed by atoms with van der Waals surface area (Å²) in [5.41, 5.74) is 5.91. The Morgan fingerprint density at radius 1 is 0.626 bits per heavy atom. The summed E-state index contributed by atoms with van der Waals surface area (Å²) in [6.07, 6.45) is -21.2. The minimum atomic E-state index is -2.26. The number of H-pyrrole nitrogens is 1. The van der Waals surface area contributed by atoms with Crippen LogP contribution in [0.25, 0.3) is 0 Å². The molecule has 0 aliphatic carbocycles. The molecule has 25 N–H and O–H groups in total. The molecule has 3 aliphatic heterocycles. The van der Waals surface area contributed by atoms with E-state index in [2.05, 4.69) is 63.1 Å². The third-order valence-electron chi connectivity index (χ3n) is 15.9. The molecule has 3 saturated heterocycles. The molecule has 3 fully saturated rings. The first-order chi connectivity index (χ1) is 46.5. The number of aromatic amines is 1. The molecule has 3 aliphatic rings. The van der Waals surface area contributed by atoms with E-state index in [1.54, 1.807) is 0 Å². The number of carboxylic acids is 2. The normalized spacial score (nSPS) is 25.8. The van der Waals surface area contributed by atoms with E-state index < -0.39 is 269 Å². The molecule has 0 saturated carbocycles. The van der Waals surface area contributed by atoms with Crippen molar-refractivity contribution in [3.05, 3.63) is 18.2 Å². The van der Waals surface area contributed by atoms with Gasteiger partial charge in [0, 0.05) is 45.1 Å². The molecule has 0 aromatic carbocycles. The summed E-state index contributed by atoms with van der Waals surface area (Å²) in [4.78, 5) is 180. The Morgan fingerprint density at radius 3 is 1.65 bits per heavy atom. The number of nitrogens with two attached hydrogens (primary N) is 1. The van der Waals surface area contributed by atoms with Crippen LogP contribution in [0.1, 0.15) is 72.9 Å². The molecule has 43 nitrogen and oxygen atoms in total. The van der Waals surface area contributed by atoms with Crippen molar-refractivity contribution in [2.24, 2.45) is 5.73 Å². The largest absolute Gasteiger partial charge is 0.481 e. The lowest BCUT2D eigenvalue weighted by molar-refractivity contribution is -0.308. The summed E-state index contributed by atoms with van der Waals surface area (Å²) in [5, 5.41) is 147. The fourth-order valence-corrected chi connectivity index (χ4v) is 10.4. The van der Waals surface area contributed by atoms with Gasteiger partial charge in [-0.3, -0.25) is 62.3 Å². The third-order valence-corrected chi connectivity index (χ3v) is 15.9. The number of hydrogen-bond acceptors (Lipinski definition) is 29. The van der Waals surface area contributed by atoms with Gasteiger partial charge >= 0.3 is 11.9 Å². The number of hydrogen-bond donors (Lipinski definition) is 24. The Bertz CT molecular complexity index is 2950. The van der Waals surface area contributed by atoms with Gasteiger partial charge in [-0.15, -0.1) is 0 Å². The van der Waals surface area contributed by atoms with Gasteiger partial charge in [-0.25, -0.2) is 4.98 Å². The second kappa shape index (κ2) is 38.9. The number of carbonyl (C=O) groups excluding carboxylic acids is 11. The summed E-state index contributed by atoms with van der Waals surface area (Å²) in [6, 6.07) is -20.4. The first kappa shape index (κ1) is 83.1. The molecule has 23 atom stereocenters. The summed E-state index contributed by atoms with van der Waals surface area (Å²) < 4.78 is 23.4. The topological polar surface area (TPSA) is 680 Å². The molecular formula is C56H90N14O29. The highest BCUT2D eigenvalue weighted by Crippen LogP contribution is 2.28. The van der Waals surface area contributed by atoms with Crippen LogP contribution >= 0.6 is 0 Å². The molecular weight excluding hydrogens is 1330 g/mol. The summed E-state index contributed by atoms with van der Waals surface area (Å²) in [5.74, 6) is -15.8. The zero-order valence-electron chi connectivity index (χ0n) is 54.5. The lowest BCUT2D eigenvalue weighted by Crippen LogP contribution is -2.67. The van der Waals surface area contributed by atoms with Crippen LogP contribution in [-0.4, -0.2) is 333 Å². The molecule has 43 heteroatoms. The van der Waals surface area contributed by atoms with Gasteiger partial charge in [0.15, 0.2) is 12.6 Å². The highest BCUT2D eigenvalue weighted by atomic mass is 16.7. The quantitative estimate of drug-likeness (QED) is 0.0294. The predicted octanol–water partition coefficient (Wildman–Crippen LogP) is -13.8. The van der Waals surface area contributed by atoms with Gasteiger partial charge in [-0.2, -0.15) is 0 Å².